The molecule has 192 valence electrons. The molecule has 2 aromatic heterocycles. The molecule has 0 saturated heterocycles. The maximum Gasteiger partial charge on any atom is 0.415 e. The first-order chi connectivity index (χ1) is 17.5. The Morgan fingerprint density at radius 2 is 1.89 bits per heavy atom. The van der Waals surface area contributed by atoms with E-state index in [9.17, 15) is 18.0 Å². The minimum Gasteiger partial charge on any atom is -0.490 e. The van der Waals surface area contributed by atoms with Crippen LogP contribution < -0.4 is 15.2 Å². The molecule has 1 aliphatic rings. The smallest absolute Gasteiger partial charge is 0.415 e. The number of amides is 1. The van der Waals surface area contributed by atoms with E-state index in [0.717, 1.165) is 0 Å². The van der Waals surface area contributed by atoms with Gasteiger partial charge in [0.2, 0.25) is 9.84 Å². The average molecular weight is 524 g/mol. The molecule has 0 bridgehead atoms. The molecule has 0 fully saturated rings. The van der Waals surface area contributed by atoms with Gasteiger partial charge in [0.15, 0.2) is 0 Å². The molecule has 0 spiro atoms. The maximum absolute atomic E-state index is 13.5. The van der Waals surface area contributed by atoms with Crippen LogP contribution in [0.2, 0.25) is 0 Å². The molecule has 37 heavy (non-hydrogen) atoms. The Balaban J connectivity index is 1.50. The standard InChI is InChI=1S/C25H25N5O6S/c1-25(2,3)36-24(32)29-10-11-35-22-7-5-19(13-21(22)29)37(33,34)18-4-6-20-16(12-18)14-27-30(23(20)31)15-17-8-9-26-28-17/h4-9,12-14H,10-11,15H2,1-3H3,(H,26,28). The van der Waals surface area contributed by atoms with Crippen molar-refractivity contribution >= 4 is 32.4 Å². The lowest BCUT2D eigenvalue weighted by atomic mass is 10.2. The number of nitrogens with zero attached hydrogens (tertiary/aromatic N) is 4. The summed E-state index contributed by atoms with van der Waals surface area (Å²) in [7, 11) is -4.00. The summed E-state index contributed by atoms with van der Waals surface area (Å²) in [4.78, 5) is 27.0. The number of rotatable bonds is 4. The third-order valence-electron chi connectivity index (χ3n) is 5.72. The van der Waals surface area contributed by atoms with Crippen LogP contribution in [0.5, 0.6) is 5.75 Å². The van der Waals surface area contributed by atoms with Gasteiger partial charge in [-0.05, 0) is 63.2 Å². The number of carbonyl (C=O) groups is 1. The van der Waals surface area contributed by atoms with Crippen molar-refractivity contribution < 1.29 is 22.7 Å². The van der Waals surface area contributed by atoms with Crippen LogP contribution in [0, 0.1) is 0 Å². The molecule has 0 saturated carbocycles. The van der Waals surface area contributed by atoms with Gasteiger partial charge in [-0.3, -0.25) is 14.8 Å². The van der Waals surface area contributed by atoms with Crippen molar-refractivity contribution in [1.82, 2.24) is 20.0 Å². The highest BCUT2D eigenvalue weighted by molar-refractivity contribution is 7.91. The maximum atomic E-state index is 13.5. The second-order valence-corrected chi connectivity index (χ2v) is 11.5. The van der Waals surface area contributed by atoms with E-state index in [0.29, 0.717) is 27.9 Å². The fourth-order valence-electron chi connectivity index (χ4n) is 3.99. The first kappa shape index (κ1) is 24.5. The molecule has 4 aromatic rings. The van der Waals surface area contributed by atoms with E-state index in [1.807, 2.05) is 0 Å². The van der Waals surface area contributed by atoms with Crippen molar-refractivity contribution in [1.29, 1.82) is 0 Å². The number of ether oxygens (including phenoxy) is 2. The van der Waals surface area contributed by atoms with Gasteiger partial charge < -0.3 is 9.47 Å². The first-order valence-corrected chi connectivity index (χ1v) is 13.0. The van der Waals surface area contributed by atoms with Gasteiger partial charge in [0.05, 0.1) is 45.8 Å². The van der Waals surface area contributed by atoms with E-state index in [1.165, 1.54) is 52.2 Å². The number of carbonyl (C=O) groups excluding carboxylic acids is 1. The zero-order valence-corrected chi connectivity index (χ0v) is 21.3. The third-order valence-corrected chi connectivity index (χ3v) is 7.47. The lowest BCUT2D eigenvalue weighted by Crippen LogP contribution is -2.41. The van der Waals surface area contributed by atoms with Gasteiger partial charge >= 0.3 is 6.09 Å². The molecule has 1 N–H and O–H groups in total. The quantitative estimate of drug-likeness (QED) is 0.431. The SMILES string of the molecule is CC(C)(C)OC(=O)N1CCOc2ccc(S(=O)(=O)c3ccc4c(=O)n(Cc5cc[nH]n5)ncc4c3)cc21. The van der Waals surface area contributed by atoms with Gasteiger partial charge in [-0.1, -0.05) is 0 Å². The zero-order valence-electron chi connectivity index (χ0n) is 20.5. The number of H-pyrrole nitrogens is 1. The summed E-state index contributed by atoms with van der Waals surface area (Å²) < 4.78 is 39.5. The Morgan fingerprint density at radius 1 is 1.14 bits per heavy atom. The molecule has 1 amide bonds. The number of aromatic amines is 1. The normalized spacial score (nSPS) is 13.8. The predicted molar refractivity (Wildman–Crippen MR) is 135 cm³/mol. The second kappa shape index (κ2) is 9.04. The third kappa shape index (κ3) is 4.79. The molecule has 0 unspecified atom stereocenters. The molecule has 5 rings (SSSR count). The summed E-state index contributed by atoms with van der Waals surface area (Å²) in [5.74, 6) is 0.385. The van der Waals surface area contributed by atoms with Crippen molar-refractivity contribution in [2.75, 3.05) is 18.1 Å². The number of hydrogen-bond acceptors (Lipinski definition) is 8. The molecule has 2 aromatic carbocycles. The molecule has 0 atom stereocenters. The van der Waals surface area contributed by atoms with Gasteiger partial charge in [0, 0.05) is 11.6 Å². The van der Waals surface area contributed by atoms with Crippen LogP contribution in [0.15, 0.2) is 69.4 Å². The highest BCUT2D eigenvalue weighted by atomic mass is 32.2. The lowest BCUT2D eigenvalue weighted by molar-refractivity contribution is 0.0567. The van der Waals surface area contributed by atoms with Crippen LogP contribution in [0.4, 0.5) is 10.5 Å². The van der Waals surface area contributed by atoms with Crippen LogP contribution in [0.1, 0.15) is 26.5 Å². The van der Waals surface area contributed by atoms with E-state index in [4.69, 9.17) is 9.47 Å². The first-order valence-electron chi connectivity index (χ1n) is 11.5. The van der Waals surface area contributed by atoms with E-state index in [-0.39, 0.29) is 35.0 Å². The van der Waals surface area contributed by atoms with Gasteiger partial charge in [-0.25, -0.2) is 17.9 Å². The Morgan fingerprint density at radius 3 is 2.62 bits per heavy atom. The topological polar surface area (TPSA) is 136 Å². The van der Waals surface area contributed by atoms with Gasteiger partial charge in [-0.15, -0.1) is 0 Å². The van der Waals surface area contributed by atoms with E-state index in [2.05, 4.69) is 15.3 Å². The number of nitrogens with one attached hydrogen (secondary N) is 1. The van der Waals surface area contributed by atoms with Crippen LogP contribution in [-0.4, -0.2) is 53.2 Å². The minimum absolute atomic E-state index is 0.00764. The van der Waals surface area contributed by atoms with Crippen molar-refractivity contribution in [2.24, 2.45) is 0 Å². The van der Waals surface area contributed by atoms with E-state index < -0.39 is 21.5 Å². The molecule has 1 aliphatic heterocycles. The fraction of sp³-hybridized carbons (Fsp3) is 0.280. The van der Waals surface area contributed by atoms with Crippen LogP contribution >= 0.6 is 0 Å². The largest absolute Gasteiger partial charge is 0.490 e. The summed E-state index contributed by atoms with van der Waals surface area (Å²) in [6.45, 7) is 5.93. The van der Waals surface area contributed by atoms with Gasteiger partial charge in [-0.2, -0.15) is 10.2 Å². The van der Waals surface area contributed by atoms with Crippen molar-refractivity contribution in [3.05, 3.63) is 70.9 Å². The molecule has 0 radical (unpaired) electrons. The van der Waals surface area contributed by atoms with Crippen molar-refractivity contribution in [3.63, 3.8) is 0 Å². The van der Waals surface area contributed by atoms with E-state index >= 15 is 0 Å². The lowest BCUT2D eigenvalue weighted by Gasteiger charge is -2.31. The van der Waals surface area contributed by atoms with Crippen molar-refractivity contribution in [2.45, 2.75) is 42.7 Å². The predicted octanol–water partition coefficient (Wildman–Crippen LogP) is 3.13. The van der Waals surface area contributed by atoms with Crippen LogP contribution in [-0.2, 0) is 21.1 Å². The Bertz CT molecular complexity index is 1660. The van der Waals surface area contributed by atoms with Gasteiger partial charge in [0.1, 0.15) is 18.0 Å². The molecule has 3 heterocycles. The second-order valence-electron chi connectivity index (χ2n) is 9.54. The molecule has 12 heteroatoms. The number of fused-ring (bicyclic) bond motifs is 2. The molecule has 11 nitrogen and oxygen atoms in total. The Kier molecular flexibility index (Phi) is 5.98. The minimum atomic E-state index is -4.00. The summed E-state index contributed by atoms with van der Waals surface area (Å²) in [6.07, 6.45) is 2.51. The highest BCUT2D eigenvalue weighted by Crippen LogP contribution is 2.36. The Hall–Kier alpha value is -4.19. The van der Waals surface area contributed by atoms with Gasteiger partial charge in [0.25, 0.3) is 5.56 Å². The Labute approximate surface area is 212 Å². The summed E-state index contributed by atoms with van der Waals surface area (Å²) in [6, 6.07) is 10.4. The highest BCUT2D eigenvalue weighted by Gasteiger charge is 2.30. The van der Waals surface area contributed by atoms with E-state index in [1.54, 1.807) is 33.0 Å². The number of anilines is 1. The van der Waals surface area contributed by atoms with Crippen molar-refractivity contribution in [3.8, 4) is 5.75 Å². The van der Waals surface area contributed by atoms with Crippen LogP contribution in [0.25, 0.3) is 10.8 Å². The molecule has 0 aliphatic carbocycles. The summed E-state index contributed by atoms with van der Waals surface area (Å²) >= 11 is 0. The number of hydrogen-bond donors (Lipinski definition) is 1. The zero-order chi connectivity index (χ0) is 26.4. The molecular formula is C25H25N5O6S. The summed E-state index contributed by atoms with van der Waals surface area (Å²) in [5.41, 5.74) is -0.117. The average Bonchev–Trinajstić information content (AvgIpc) is 3.37. The number of benzene rings is 2. The molecular weight excluding hydrogens is 498 g/mol. The number of sulfone groups is 1. The monoisotopic (exact) mass is 523 g/mol. The van der Waals surface area contributed by atoms with Crippen LogP contribution in [0.3, 0.4) is 0 Å². The summed E-state index contributed by atoms with van der Waals surface area (Å²) in [5, 5.41) is 11.6. The number of aromatic nitrogens is 4. The fourth-order valence-corrected chi connectivity index (χ4v) is 5.30.